The fourth-order valence-electron chi connectivity index (χ4n) is 2.44. The molecule has 1 aromatic heterocycles. The maximum Gasteiger partial charge on any atom is 0.255 e. The summed E-state index contributed by atoms with van der Waals surface area (Å²) < 4.78 is 19.0. The zero-order valence-corrected chi connectivity index (χ0v) is 15.1. The number of aromatic nitrogens is 1. The van der Waals surface area contributed by atoms with Gasteiger partial charge in [0.2, 0.25) is 0 Å². The lowest BCUT2D eigenvalue weighted by atomic mass is 10.2. The van der Waals surface area contributed by atoms with Crippen LogP contribution in [-0.2, 0) is 0 Å². The van der Waals surface area contributed by atoms with E-state index in [1.807, 2.05) is 38.1 Å². The Balaban J connectivity index is 1.68. The van der Waals surface area contributed by atoms with Crippen molar-refractivity contribution in [2.45, 2.75) is 20.0 Å². The van der Waals surface area contributed by atoms with Crippen molar-refractivity contribution >= 4 is 23.1 Å². The minimum Gasteiger partial charge on any atom is -0.489 e. The minimum atomic E-state index is -0.456. The molecule has 3 aromatic rings. The molecule has 0 atom stereocenters. The van der Waals surface area contributed by atoms with Gasteiger partial charge in [0.05, 0.1) is 23.7 Å². The molecule has 2 aromatic carbocycles. The predicted octanol–water partition coefficient (Wildman–Crippen LogP) is 5.00. The highest BCUT2D eigenvalue weighted by molar-refractivity contribution is 6.04. The molecular weight excluding hydrogens is 345 g/mol. The summed E-state index contributed by atoms with van der Waals surface area (Å²) in [5.74, 6) is 0.492. The van der Waals surface area contributed by atoms with E-state index in [-0.39, 0.29) is 11.7 Å². The average molecular weight is 365 g/mol. The van der Waals surface area contributed by atoms with Crippen LogP contribution in [0.3, 0.4) is 0 Å². The van der Waals surface area contributed by atoms with E-state index >= 15 is 0 Å². The van der Waals surface area contributed by atoms with E-state index in [1.54, 1.807) is 18.2 Å². The third-order valence-corrected chi connectivity index (χ3v) is 3.62. The molecule has 0 aliphatic heterocycles. The summed E-state index contributed by atoms with van der Waals surface area (Å²) in [7, 11) is 0. The lowest BCUT2D eigenvalue weighted by Gasteiger charge is -2.15. The van der Waals surface area contributed by atoms with Gasteiger partial charge in [-0.1, -0.05) is 18.2 Å². The number of para-hydroxylation sites is 2. The molecule has 3 rings (SSSR count). The van der Waals surface area contributed by atoms with Gasteiger partial charge in [-0.3, -0.25) is 4.79 Å². The molecule has 0 spiro atoms. The van der Waals surface area contributed by atoms with Crippen LogP contribution in [0.1, 0.15) is 24.2 Å². The highest BCUT2D eigenvalue weighted by Gasteiger charge is 2.09. The highest BCUT2D eigenvalue weighted by Crippen LogP contribution is 2.27. The van der Waals surface area contributed by atoms with E-state index in [9.17, 15) is 9.18 Å². The molecule has 27 heavy (non-hydrogen) atoms. The molecule has 0 unspecified atom stereocenters. The summed E-state index contributed by atoms with van der Waals surface area (Å²) >= 11 is 0. The van der Waals surface area contributed by atoms with Gasteiger partial charge in [-0.25, -0.2) is 9.37 Å². The Morgan fingerprint density at radius 2 is 1.89 bits per heavy atom. The number of nitrogens with zero attached hydrogens (tertiary/aromatic N) is 1. The molecule has 0 bridgehead atoms. The molecule has 0 aliphatic rings. The third-order valence-electron chi connectivity index (χ3n) is 3.62. The van der Waals surface area contributed by atoms with Gasteiger partial charge < -0.3 is 15.4 Å². The van der Waals surface area contributed by atoms with Crippen LogP contribution in [0.15, 0.2) is 66.9 Å². The van der Waals surface area contributed by atoms with Crippen molar-refractivity contribution in [1.29, 1.82) is 0 Å². The maximum atomic E-state index is 13.2. The van der Waals surface area contributed by atoms with E-state index in [0.717, 1.165) is 11.4 Å². The first-order valence-electron chi connectivity index (χ1n) is 8.57. The van der Waals surface area contributed by atoms with Crippen molar-refractivity contribution in [2.75, 3.05) is 10.6 Å². The summed E-state index contributed by atoms with van der Waals surface area (Å²) in [6.45, 7) is 3.93. The molecule has 5 nitrogen and oxygen atoms in total. The Morgan fingerprint density at radius 3 is 2.59 bits per heavy atom. The number of anilines is 3. The Labute approximate surface area is 157 Å². The van der Waals surface area contributed by atoms with E-state index in [1.165, 1.54) is 24.4 Å². The number of hydrogen-bond acceptors (Lipinski definition) is 4. The largest absolute Gasteiger partial charge is 0.489 e. The molecule has 0 saturated carbocycles. The first-order valence-corrected chi connectivity index (χ1v) is 8.57. The van der Waals surface area contributed by atoms with Crippen molar-refractivity contribution in [1.82, 2.24) is 4.98 Å². The van der Waals surface area contributed by atoms with Gasteiger partial charge in [0, 0.05) is 5.56 Å². The number of pyridine rings is 1. The summed E-state index contributed by atoms with van der Waals surface area (Å²) in [5.41, 5.74) is 1.56. The number of benzene rings is 2. The number of halogens is 1. The topological polar surface area (TPSA) is 63.2 Å². The van der Waals surface area contributed by atoms with Crippen molar-refractivity contribution in [3.05, 3.63) is 78.2 Å². The molecule has 0 saturated heterocycles. The van der Waals surface area contributed by atoms with E-state index in [4.69, 9.17) is 4.74 Å². The molecule has 1 amide bonds. The highest BCUT2D eigenvalue weighted by atomic mass is 19.1. The first kappa shape index (κ1) is 18.4. The Hall–Kier alpha value is -3.41. The maximum absolute atomic E-state index is 13.2. The van der Waals surface area contributed by atoms with E-state index in [2.05, 4.69) is 15.6 Å². The van der Waals surface area contributed by atoms with Crippen molar-refractivity contribution in [2.24, 2.45) is 0 Å². The standard InChI is InChI=1S/C21H20FN3O2/c1-14(2)27-19-9-4-3-8-18(19)25-20-11-10-17(13-23-20)24-21(26)15-6-5-7-16(22)12-15/h3-14H,1-2H3,(H,23,25)(H,24,26). The van der Waals surface area contributed by atoms with Crippen LogP contribution < -0.4 is 15.4 Å². The zero-order chi connectivity index (χ0) is 19.2. The second-order valence-corrected chi connectivity index (χ2v) is 6.18. The van der Waals surface area contributed by atoms with E-state index < -0.39 is 11.7 Å². The smallest absolute Gasteiger partial charge is 0.255 e. The summed E-state index contributed by atoms with van der Waals surface area (Å²) in [5, 5.41) is 5.89. The Kier molecular flexibility index (Phi) is 5.66. The van der Waals surface area contributed by atoms with Gasteiger partial charge in [0.25, 0.3) is 5.91 Å². The molecule has 0 fully saturated rings. The molecule has 6 heteroatoms. The van der Waals surface area contributed by atoms with Crippen molar-refractivity contribution in [3.8, 4) is 5.75 Å². The van der Waals surface area contributed by atoms with Gasteiger partial charge in [-0.15, -0.1) is 0 Å². The van der Waals surface area contributed by atoms with Crippen LogP contribution in [-0.4, -0.2) is 17.0 Å². The number of hydrogen-bond donors (Lipinski definition) is 2. The number of carbonyl (C=O) groups excluding carboxylic acids is 1. The summed E-state index contributed by atoms with van der Waals surface area (Å²) in [4.78, 5) is 16.5. The molecule has 138 valence electrons. The Morgan fingerprint density at radius 1 is 1.07 bits per heavy atom. The number of nitrogens with one attached hydrogen (secondary N) is 2. The third kappa shape index (κ3) is 5.04. The molecular formula is C21H20FN3O2. The predicted molar refractivity (Wildman–Crippen MR) is 104 cm³/mol. The second-order valence-electron chi connectivity index (χ2n) is 6.18. The Bertz CT molecular complexity index is 927. The second kappa shape index (κ2) is 8.31. The van der Waals surface area contributed by atoms with Gasteiger partial charge in [0.1, 0.15) is 17.4 Å². The van der Waals surface area contributed by atoms with Crippen LogP contribution in [0.5, 0.6) is 5.75 Å². The lowest BCUT2D eigenvalue weighted by Crippen LogP contribution is -2.12. The van der Waals surface area contributed by atoms with Crippen LogP contribution in [0.25, 0.3) is 0 Å². The van der Waals surface area contributed by atoms with Crippen LogP contribution >= 0.6 is 0 Å². The molecule has 0 radical (unpaired) electrons. The zero-order valence-electron chi connectivity index (χ0n) is 15.1. The average Bonchev–Trinajstić information content (AvgIpc) is 2.64. The first-order chi connectivity index (χ1) is 13.0. The monoisotopic (exact) mass is 365 g/mol. The van der Waals surface area contributed by atoms with Gasteiger partial charge in [-0.05, 0) is 56.3 Å². The van der Waals surface area contributed by atoms with Crippen LogP contribution in [0, 0.1) is 5.82 Å². The normalized spacial score (nSPS) is 10.5. The van der Waals surface area contributed by atoms with Crippen LogP contribution in [0.2, 0.25) is 0 Å². The summed E-state index contributed by atoms with van der Waals surface area (Å²) in [6, 6.07) is 16.6. The van der Waals surface area contributed by atoms with Gasteiger partial charge in [-0.2, -0.15) is 0 Å². The number of carbonyl (C=O) groups is 1. The number of rotatable bonds is 6. The number of ether oxygens (including phenoxy) is 1. The van der Waals surface area contributed by atoms with E-state index in [0.29, 0.717) is 11.5 Å². The fraction of sp³-hybridized carbons (Fsp3) is 0.143. The quantitative estimate of drug-likeness (QED) is 0.645. The van der Waals surface area contributed by atoms with Crippen molar-refractivity contribution in [3.63, 3.8) is 0 Å². The lowest BCUT2D eigenvalue weighted by molar-refractivity contribution is 0.102. The molecule has 1 heterocycles. The van der Waals surface area contributed by atoms with Crippen LogP contribution in [0.4, 0.5) is 21.6 Å². The van der Waals surface area contributed by atoms with Gasteiger partial charge in [0.15, 0.2) is 0 Å². The summed E-state index contributed by atoms with van der Waals surface area (Å²) in [6.07, 6.45) is 1.59. The molecule has 2 N–H and O–H groups in total. The fourth-order valence-corrected chi connectivity index (χ4v) is 2.44. The van der Waals surface area contributed by atoms with Crippen molar-refractivity contribution < 1.29 is 13.9 Å². The van der Waals surface area contributed by atoms with Gasteiger partial charge >= 0.3 is 0 Å². The SMILES string of the molecule is CC(C)Oc1ccccc1Nc1ccc(NC(=O)c2cccc(F)c2)cn1. The minimum absolute atomic E-state index is 0.0568. The molecule has 0 aliphatic carbocycles. The number of amides is 1.